The Kier molecular flexibility index (Phi) is 32.5. The van der Waals surface area contributed by atoms with Crippen molar-refractivity contribution in [2.45, 2.75) is 216 Å². The van der Waals surface area contributed by atoms with E-state index in [1.807, 2.05) is 6.92 Å². The first-order valence-corrected chi connectivity index (χ1v) is 26.7. The molecule has 12 atom stereocenters. The third-order valence-electron chi connectivity index (χ3n) is 12.2. The number of rotatable bonds is 24. The van der Waals surface area contributed by atoms with Gasteiger partial charge in [-0.2, -0.15) is 0 Å². The zero-order chi connectivity index (χ0) is 50.2. The Morgan fingerprint density at radius 2 is 1.32 bits per heavy atom. The van der Waals surface area contributed by atoms with Crippen LogP contribution in [-0.4, -0.2) is 127 Å². The number of hydrogen-bond donors (Lipinski definition) is 8. The number of phosphoric ester groups is 1. The summed E-state index contributed by atoms with van der Waals surface area (Å²) in [5, 5.41) is 78.5. The van der Waals surface area contributed by atoms with E-state index in [1.54, 1.807) is 0 Å². The number of phosphoric acid groups is 1. The van der Waals surface area contributed by atoms with Crippen LogP contribution in [0.3, 0.4) is 0 Å². The number of aliphatic hydroxyl groups is 7. The molecule has 0 amide bonds. The van der Waals surface area contributed by atoms with Crippen molar-refractivity contribution >= 4 is 25.5 Å². The smallest absolute Gasteiger partial charge is 0.462 e. The van der Waals surface area contributed by atoms with Gasteiger partial charge in [-0.05, 0) is 70.6 Å². The molecule has 2 bridgehead atoms. The molecule has 1 unspecified atom stereocenters. The molecule has 1 saturated carbocycles. The molecule has 0 aromatic carbocycles. The quantitative estimate of drug-likeness (QED) is 0.0208. The van der Waals surface area contributed by atoms with E-state index in [0.717, 1.165) is 63.9 Å². The van der Waals surface area contributed by atoms with Gasteiger partial charge in [-0.3, -0.25) is 23.4 Å². The van der Waals surface area contributed by atoms with E-state index >= 15 is 0 Å². The number of unbranched alkanes of at least 4 members (excludes halogenated alkanes) is 8. The molecule has 390 valence electrons. The van der Waals surface area contributed by atoms with Crippen LogP contribution in [0, 0.1) is 11.8 Å². The molecule has 0 aromatic heterocycles. The summed E-state index contributed by atoms with van der Waals surface area (Å²) in [5.74, 6) is -5.02. The summed E-state index contributed by atoms with van der Waals surface area (Å²) in [6.45, 7) is 2.77. The van der Waals surface area contributed by atoms with Gasteiger partial charge in [0, 0.05) is 25.2 Å². The molecular weight excluding hydrogens is 900 g/mol. The average Bonchev–Trinajstić information content (AvgIpc) is 3.31. The van der Waals surface area contributed by atoms with Crippen molar-refractivity contribution in [1.29, 1.82) is 0 Å². The van der Waals surface area contributed by atoms with Crippen molar-refractivity contribution in [2.75, 3.05) is 13.2 Å². The second-order valence-electron chi connectivity index (χ2n) is 18.1. The van der Waals surface area contributed by atoms with Crippen LogP contribution in [0.15, 0.2) is 60.8 Å². The molecule has 1 saturated heterocycles. The number of carbonyl (C=O) groups is 3. The van der Waals surface area contributed by atoms with Crippen LogP contribution in [0.1, 0.15) is 162 Å². The fraction of sp³-hybridized carbons (Fsp3) is 0.745. The monoisotopic (exact) mass is 985 g/mol. The van der Waals surface area contributed by atoms with E-state index in [1.165, 1.54) is 25.3 Å². The van der Waals surface area contributed by atoms with Crippen molar-refractivity contribution in [1.82, 2.24) is 0 Å². The highest BCUT2D eigenvalue weighted by atomic mass is 31.2. The number of ether oxygens (including phenoxy) is 2. The summed E-state index contributed by atoms with van der Waals surface area (Å²) in [7, 11) is -5.46. The lowest BCUT2D eigenvalue weighted by molar-refractivity contribution is -0.167. The first-order chi connectivity index (χ1) is 32.6. The maximum Gasteiger partial charge on any atom is 0.472 e. The maximum atomic E-state index is 13.7. The minimum absolute atomic E-state index is 0.0253. The second-order valence-corrected chi connectivity index (χ2v) is 19.5. The lowest BCUT2D eigenvalue weighted by atomic mass is 9.82. The molecular formula is C51H85O16P. The van der Waals surface area contributed by atoms with Gasteiger partial charge in [-0.1, -0.05) is 132 Å². The predicted molar refractivity (Wildman–Crippen MR) is 259 cm³/mol. The van der Waals surface area contributed by atoms with Gasteiger partial charge >= 0.3 is 19.8 Å². The summed E-state index contributed by atoms with van der Waals surface area (Å²) in [4.78, 5) is 50.2. The van der Waals surface area contributed by atoms with Gasteiger partial charge < -0.3 is 50.1 Å². The van der Waals surface area contributed by atoms with Gasteiger partial charge in [0.1, 0.15) is 36.8 Å². The highest BCUT2D eigenvalue weighted by Gasteiger charge is 2.49. The summed E-state index contributed by atoms with van der Waals surface area (Å²) in [5.41, 5.74) is 0. The van der Waals surface area contributed by atoms with Crippen molar-refractivity contribution in [2.24, 2.45) is 11.8 Å². The number of Topliss-reactive ketones (excluding diaryl/α,β-unsaturated/α-hetero) is 1. The molecule has 8 N–H and O–H groups in total. The first-order valence-electron chi connectivity index (χ1n) is 25.2. The maximum absolute atomic E-state index is 13.7. The fourth-order valence-electron chi connectivity index (χ4n) is 8.08. The van der Waals surface area contributed by atoms with E-state index in [-0.39, 0.29) is 19.3 Å². The molecule has 68 heavy (non-hydrogen) atoms. The Hall–Kier alpha value is -2.86. The van der Waals surface area contributed by atoms with E-state index < -0.39 is 112 Å². The van der Waals surface area contributed by atoms with Gasteiger partial charge in [0.15, 0.2) is 6.10 Å². The van der Waals surface area contributed by atoms with Crippen LogP contribution in [0.25, 0.3) is 0 Å². The summed E-state index contributed by atoms with van der Waals surface area (Å²) in [6, 6.07) is 0. The van der Waals surface area contributed by atoms with E-state index in [0.29, 0.717) is 44.9 Å². The van der Waals surface area contributed by atoms with E-state index in [4.69, 9.17) is 18.5 Å². The molecule has 0 aromatic rings. The van der Waals surface area contributed by atoms with Crippen LogP contribution in [0.5, 0.6) is 0 Å². The minimum atomic E-state index is -5.46. The van der Waals surface area contributed by atoms with Gasteiger partial charge in [0.2, 0.25) is 0 Å². The highest BCUT2D eigenvalue weighted by molar-refractivity contribution is 7.47. The number of carbonyl (C=O) groups excluding carboxylic acids is 3. The van der Waals surface area contributed by atoms with E-state index in [9.17, 15) is 59.6 Å². The van der Waals surface area contributed by atoms with Gasteiger partial charge in [-0.25, -0.2) is 4.57 Å². The molecule has 2 rings (SSSR count). The highest BCUT2D eigenvalue weighted by Crippen LogP contribution is 2.47. The predicted octanol–water partition coefficient (Wildman–Crippen LogP) is 7.09. The zero-order valence-corrected chi connectivity index (χ0v) is 41.5. The molecule has 16 nitrogen and oxygen atoms in total. The number of allylic oxidation sites excluding steroid dienone is 8. The Labute approximate surface area is 404 Å². The topological polar surface area (TPSA) is 267 Å². The number of hydrogen-bond acceptors (Lipinski definition) is 15. The molecule has 1 heterocycles. The third-order valence-corrected chi connectivity index (χ3v) is 13.2. The molecule has 0 spiro atoms. The molecule has 2 fully saturated rings. The van der Waals surface area contributed by atoms with Crippen molar-refractivity contribution in [3.63, 3.8) is 0 Å². The number of cyclic esters (lactones) is 1. The zero-order valence-electron chi connectivity index (χ0n) is 40.6. The Bertz CT molecular complexity index is 1600. The number of fused-ring (bicyclic) bond motifs is 4. The third kappa shape index (κ3) is 25.8. The number of aliphatic hydroxyl groups excluding tert-OH is 7. The molecule has 17 heteroatoms. The van der Waals surface area contributed by atoms with Crippen LogP contribution < -0.4 is 0 Å². The van der Waals surface area contributed by atoms with Gasteiger partial charge in [-0.15, -0.1) is 0 Å². The molecule has 2 aliphatic rings. The summed E-state index contributed by atoms with van der Waals surface area (Å²) >= 11 is 0. The average molecular weight is 985 g/mol. The standard InChI is InChI=1S/C51H85O16P/c1-3-5-7-8-9-10-11-12-13-14-15-16-17-18-19-20-21-22-27-31-44(55)64-36-39-37-65-68(62,63)67-51-49(60)47(58)41(34-33-38(52)29-25-6-4-2)43(54)35-42(53)40(46(57)48(59)50(51)61)30-26-23-24-28-32-45(56)66-39/h9-10,12-13,15-16,18-19,33-34,38-42,46-53,57-61H,3-8,11,14,17,20-32,35-37H2,1-2H3,(H,62,63)/b10-9-,13-12-,16-15-,19-18-,34-33+/t38-,39+,40-,41-,42-,46+,47+,48-,49+,50+,51+/m0/s1. The lowest BCUT2D eigenvalue weighted by Crippen LogP contribution is -2.55. The minimum Gasteiger partial charge on any atom is -0.462 e. The first kappa shape index (κ1) is 61.3. The number of esters is 2. The van der Waals surface area contributed by atoms with E-state index in [2.05, 4.69) is 55.5 Å². The van der Waals surface area contributed by atoms with Gasteiger partial charge in [0.05, 0.1) is 36.9 Å². The Morgan fingerprint density at radius 3 is 1.97 bits per heavy atom. The Balaban J connectivity index is 2.07. The SMILES string of the molecule is CCCCC/C=C\C/C=C\C/C=C\C/C=C\CCCCCC(=O)OC[C@@H]1COP(=O)(O)O[C@H]2[C@H](O)[C@@H](O)[C@H](O)[C@@H](CCCCCCC(=O)O1)[C@@H](O)CC(=O)[C@H](/C=C/[C@@H](O)CCCCC)[C@@H](O)[C@H]2O. The van der Waals surface area contributed by atoms with Crippen molar-refractivity contribution in [3.8, 4) is 0 Å². The molecule has 0 radical (unpaired) electrons. The van der Waals surface area contributed by atoms with Crippen LogP contribution in [0.4, 0.5) is 0 Å². The fourth-order valence-corrected chi connectivity index (χ4v) is 9.05. The van der Waals surface area contributed by atoms with Crippen LogP contribution in [0.2, 0.25) is 0 Å². The number of ketones is 1. The van der Waals surface area contributed by atoms with Crippen LogP contribution in [-0.2, 0) is 37.5 Å². The normalized spacial score (nSPS) is 30.6. The van der Waals surface area contributed by atoms with Crippen LogP contribution >= 0.6 is 7.82 Å². The second kappa shape index (κ2) is 36.1. The molecule has 1 aliphatic heterocycles. The summed E-state index contributed by atoms with van der Waals surface area (Å²) in [6.07, 6.45) is 16.3. The van der Waals surface area contributed by atoms with Gasteiger partial charge in [0.25, 0.3) is 0 Å². The Morgan fingerprint density at radius 1 is 0.735 bits per heavy atom. The lowest BCUT2D eigenvalue weighted by Gasteiger charge is -2.37. The largest absolute Gasteiger partial charge is 0.472 e. The summed E-state index contributed by atoms with van der Waals surface area (Å²) < 4.78 is 34.7. The van der Waals surface area contributed by atoms with Crippen molar-refractivity contribution < 1.29 is 78.1 Å². The molecule has 1 aliphatic carbocycles. The van der Waals surface area contributed by atoms with Crippen molar-refractivity contribution in [3.05, 3.63) is 60.8 Å².